The SMILES string of the molecule is CCn1nc(C)cc1CC(=O)C(CC)(CC)N(C)C. The quantitative estimate of drug-likeness (QED) is 0.760. The predicted molar refractivity (Wildman–Crippen MR) is 78.3 cm³/mol. The van der Waals surface area contributed by atoms with Gasteiger partial charge in [0.25, 0.3) is 0 Å². The molecule has 19 heavy (non-hydrogen) atoms. The number of hydrogen-bond acceptors (Lipinski definition) is 3. The van der Waals surface area contributed by atoms with Gasteiger partial charge in [-0.25, -0.2) is 0 Å². The predicted octanol–water partition coefficient (Wildman–Crippen LogP) is 2.44. The van der Waals surface area contributed by atoms with Crippen LogP contribution in [0.4, 0.5) is 0 Å². The Balaban J connectivity index is 3.00. The molecule has 0 atom stereocenters. The molecule has 108 valence electrons. The van der Waals surface area contributed by atoms with E-state index in [0.29, 0.717) is 6.42 Å². The Morgan fingerprint density at radius 1 is 1.32 bits per heavy atom. The fraction of sp³-hybridized carbons (Fsp3) is 0.733. The van der Waals surface area contributed by atoms with Gasteiger partial charge in [-0.15, -0.1) is 0 Å². The van der Waals surface area contributed by atoms with Gasteiger partial charge in [-0.3, -0.25) is 14.4 Å². The number of Topliss-reactive ketones (excluding diaryl/α,β-unsaturated/α-hetero) is 1. The molecule has 0 aromatic carbocycles. The lowest BCUT2D eigenvalue weighted by Crippen LogP contribution is -2.51. The first kappa shape index (κ1) is 15.9. The molecule has 0 aliphatic rings. The van der Waals surface area contributed by atoms with E-state index in [1.54, 1.807) is 0 Å². The van der Waals surface area contributed by atoms with Crippen LogP contribution in [-0.4, -0.2) is 40.1 Å². The van der Waals surface area contributed by atoms with E-state index < -0.39 is 0 Å². The average molecular weight is 265 g/mol. The van der Waals surface area contributed by atoms with Crippen molar-refractivity contribution in [3.05, 3.63) is 17.5 Å². The molecular formula is C15H27N3O. The minimum absolute atomic E-state index is 0.289. The normalized spacial score (nSPS) is 12.2. The van der Waals surface area contributed by atoms with Crippen molar-refractivity contribution in [2.24, 2.45) is 0 Å². The van der Waals surface area contributed by atoms with Gasteiger partial charge in [0.15, 0.2) is 5.78 Å². The molecule has 0 spiro atoms. The van der Waals surface area contributed by atoms with Crippen molar-refractivity contribution < 1.29 is 4.79 Å². The first-order chi connectivity index (χ1) is 8.91. The number of rotatable bonds is 7. The van der Waals surface area contributed by atoms with Gasteiger partial charge in [0.1, 0.15) is 0 Å². The second-order valence-electron chi connectivity index (χ2n) is 5.33. The highest BCUT2D eigenvalue weighted by atomic mass is 16.1. The highest BCUT2D eigenvalue weighted by molar-refractivity contribution is 5.89. The Kier molecular flexibility index (Phi) is 5.29. The molecular weight excluding hydrogens is 238 g/mol. The van der Waals surface area contributed by atoms with Gasteiger partial charge in [-0.05, 0) is 46.9 Å². The van der Waals surface area contributed by atoms with E-state index in [2.05, 4.69) is 30.8 Å². The van der Waals surface area contributed by atoms with Crippen LogP contribution in [0.3, 0.4) is 0 Å². The average Bonchev–Trinajstić information content (AvgIpc) is 2.71. The van der Waals surface area contributed by atoms with Crippen LogP contribution >= 0.6 is 0 Å². The molecule has 1 aromatic rings. The van der Waals surface area contributed by atoms with Crippen LogP contribution < -0.4 is 0 Å². The number of ketones is 1. The van der Waals surface area contributed by atoms with Gasteiger partial charge in [-0.2, -0.15) is 5.10 Å². The molecule has 1 rings (SSSR count). The third-order valence-electron chi connectivity index (χ3n) is 4.17. The lowest BCUT2D eigenvalue weighted by molar-refractivity contribution is -0.129. The Morgan fingerprint density at radius 3 is 2.32 bits per heavy atom. The molecule has 0 aliphatic carbocycles. The molecule has 0 saturated carbocycles. The second-order valence-corrected chi connectivity index (χ2v) is 5.33. The van der Waals surface area contributed by atoms with Crippen LogP contribution in [0.2, 0.25) is 0 Å². The van der Waals surface area contributed by atoms with Crippen LogP contribution in [0.25, 0.3) is 0 Å². The van der Waals surface area contributed by atoms with Crippen molar-refractivity contribution in [1.29, 1.82) is 0 Å². The molecule has 4 nitrogen and oxygen atoms in total. The van der Waals surface area contributed by atoms with E-state index in [-0.39, 0.29) is 11.3 Å². The lowest BCUT2D eigenvalue weighted by Gasteiger charge is -2.37. The van der Waals surface area contributed by atoms with Gasteiger partial charge < -0.3 is 0 Å². The summed E-state index contributed by atoms with van der Waals surface area (Å²) in [6.45, 7) is 9.01. The standard InChI is InChI=1S/C15H27N3O/c1-7-15(8-2,17(5)6)14(19)11-13-10-12(4)16-18(13)9-3/h10H,7-9,11H2,1-6H3. The van der Waals surface area contributed by atoms with E-state index in [4.69, 9.17) is 0 Å². The van der Waals surface area contributed by atoms with E-state index in [1.165, 1.54) is 0 Å². The van der Waals surface area contributed by atoms with Crippen molar-refractivity contribution in [3.63, 3.8) is 0 Å². The van der Waals surface area contributed by atoms with E-state index >= 15 is 0 Å². The second kappa shape index (κ2) is 6.33. The van der Waals surface area contributed by atoms with Gasteiger partial charge in [-0.1, -0.05) is 13.8 Å². The molecule has 0 unspecified atom stereocenters. The summed E-state index contributed by atoms with van der Waals surface area (Å²) in [7, 11) is 3.99. The summed E-state index contributed by atoms with van der Waals surface area (Å²) in [6, 6.07) is 2.02. The van der Waals surface area contributed by atoms with Crippen molar-refractivity contribution in [2.75, 3.05) is 14.1 Å². The van der Waals surface area contributed by atoms with Crippen LogP contribution in [0.15, 0.2) is 6.07 Å². The Labute approximate surface area is 116 Å². The van der Waals surface area contributed by atoms with E-state index in [1.807, 2.05) is 31.8 Å². The summed E-state index contributed by atoms with van der Waals surface area (Å²) in [5, 5.41) is 4.41. The summed E-state index contributed by atoms with van der Waals surface area (Å²) in [5.41, 5.74) is 1.66. The van der Waals surface area contributed by atoms with E-state index in [0.717, 1.165) is 30.8 Å². The maximum Gasteiger partial charge on any atom is 0.158 e. The third kappa shape index (κ3) is 3.06. The van der Waals surface area contributed by atoms with Gasteiger partial charge in [0.05, 0.1) is 17.7 Å². The van der Waals surface area contributed by atoms with Crippen molar-refractivity contribution in [2.45, 2.75) is 59.0 Å². The summed E-state index contributed by atoms with van der Waals surface area (Å²) in [6.07, 6.45) is 2.15. The molecule has 0 amide bonds. The molecule has 0 aliphatic heterocycles. The van der Waals surface area contributed by atoms with Crippen LogP contribution in [0, 0.1) is 6.92 Å². The number of aryl methyl sites for hydroxylation is 2. The number of carbonyl (C=O) groups is 1. The van der Waals surface area contributed by atoms with Crippen molar-refractivity contribution in [1.82, 2.24) is 14.7 Å². The zero-order valence-corrected chi connectivity index (χ0v) is 13.2. The first-order valence-electron chi connectivity index (χ1n) is 7.15. The molecule has 0 N–H and O–H groups in total. The van der Waals surface area contributed by atoms with E-state index in [9.17, 15) is 4.79 Å². The number of carbonyl (C=O) groups excluding carboxylic acids is 1. The number of hydrogen-bond donors (Lipinski definition) is 0. The summed E-state index contributed by atoms with van der Waals surface area (Å²) in [5.74, 6) is 0.289. The van der Waals surface area contributed by atoms with Crippen LogP contribution in [0.5, 0.6) is 0 Å². The molecule has 0 bridgehead atoms. The molecule has 1 aromatic heterocycles. The molecule has 1 heterocycles. The minimum Gasteiger partial charge on any atom is -0.297 e. The fourth-order valence-electron chi connectivity index (χ4n) is 2.87. The van der Waals surface area contributed by atoms with Crippen LogP contribution in [0.1, 0.15) is 45.0 Å². The Hall–Kier alpha value is -1.16. The maximum atomic E-state index is 12.7. The van der Waals surface area contributed by atoms with Gasteiger partial charge in [0.2, 0.25) is 0 Å². The highest BCUT2D eigenvalue weighted by Gasteiger charge is 2.36. The summed E-state index contributed by atoms with van der Waals surface area (Å²) >= 11 is 0. The smallest absolute Gasteiger partial charge is 0.158 e. The molecule has 4 heteroatoms. The summed E-state index contributed by atoms with van der Waals surface area (Å²) in [4.78, 5) is 14.8. The molecule has 0 saturated heterocycles. The zero-order valence-electron chi connectivity index (χ0n) is 13.2. The fourth-order valence-corrected chi connectivity index (χ4v) is 2.87. The maximum absolute atomic E-state index is 12.7. The van der Waals surface area contributed by atoms with Gasteiger partial charge in [0, 0.05) is 12.2 Å². The first-order valence-corrected chi connectivity index (χ1v) is 7.15. The monoisotopic (exact) mass is 265 g/mol. The number of nitrogens with zero attached hydrogens (tertiary/aromatic N) is 3. The van der Waals surface area contributed by atoms with Gasteiger partial charge >= 0.3 is 0 Å². The van der Waals surface area contributed by atoms with Crippen LogP contribution in [-0.2, 0) is 17.8 Å². The Morgan fingerprint density at radius 2 is 1.89 bits per heavy atom. The van der Waals surface area contributed by atoms with Crippen molar-refractivity contribution in [3.8, 4) is 0 Å². The number of likely N-dealkylation sites (N-methyl/N-ethyl adjacent to an activating group) is 1. The lowest BCUT2D eigenvalue weighted by atomic mass is 9.84. The zero-order chi connectivity index (χ0) is 14.6. The minimum atomic E-state index is -0.350. The molecule has 0 radical (unpaired) electrons. The third-order valence-corrected chi connectivity index (χ3v) is 4.17. The topological polar surface area (TPSA) is 38.1 Å². The summed E-state index contributed by atoms with van der Waals surface area (Å²) < 4.78 is 1.93. The largest absolute Gasteiger partial charge is 0.297 e. The molecule has 0 fully saturated rings. The number of aromatic nitrogens is 2. The van der Waals surface area contributed by atoms with Crippen molar-refractivity contribution >= 4 is 5.78 Å². The Bertz CT molecular complexity index is 431. The highest BCUT2D eigenvalue weighted by Crippen LogP contribution is 2.24.